The van der Waals surface area contributed by atoms with Crippen molar-refractivity contribution in [3.05, 3.63) is 94.1 Å². The van der Waals surface area contributed by atoms with Crippen molar-refractivity contribution in [1.82, 2.24) is 19.9 Å². The third-order valence-corrected chi connectivity index (χ3v) is 8.53. The Morgan fingerprint density at radius 3 is 2.05 bits per heavy atom. The van der Waals surface area contributed by atoms with Crippen LogP contribution in [0.1, 0.15) is 55.0 Å². The Balaban J connectivity index is 1.67. The van der Waals surface area contributed by atoms with Crippen LogP contribution in [0.5, 0.6) is 0 Å². The first-order valence-corrected chi connectivity index (χ1v) is 13.4. The van der Waals surface area contributed by atoms with Gasteiger partial charge in [-0.25, -0.2) is 9.97 Å². The highest BCUT2D eigenvalue weighted by atomic mass is 32.2. The number of hydrogen-bond acceptors (Lipinski definition) is 4. The van der Waals surface area contributed by atoms with E-state index in [1.54, 1.807) is 13.0 Å². The molecule has 0 aromatic carbocycles. The molecule has 2 unspecified atom stereocenters. The molecule has 3 aromatic heterocycles. The molecular weight excluding hydrogens is 484 g/mol. The summed E-state index contributed by atoms with van der Waals surface area (Å²) in [5.41, 5.74) is 8.92. The summed E-state index contributed by atoms with van der Waals surface area (Å²) >= 11 is 0. The number of fused-ring (bicyclic) bond motifs is 8. The lowest BCUT2D eigenvalue weighted by Crippen LogP contribution is -2.41. The molecular formula is C29H26N4O3S. The number of H-pyrrole nitrogens is 2. The van der Waals surface area contributed by atoms with Gasteiger partial charge >= 0.3 is 0 Å². The molecule has 8 bridgehead atoms. The van der Waals surface area contributed by atoms with E-state index in [1.165, 1.54) is 0 Å². The highest BCUT2D eigenvalue weighted by Gasteiger charge is 2.47. The largest absolute Gasteiger partial charge is 0.355 e. The van der Waals surface area contributed by atoms with E-state index in [2.05, 4.69) is 15.0 Å². The average molecular weight is 511 g/mol. The lowest BCUT2D eigenvalue weighted by atomic mass is 9.77. The van der Waals surface area contributed by atoms with E-state index in [0.717, 1.165) is 61.6 Å². The number of allylic oxidation sites excluding steroid dienone is 3. The van der Waals surface area contributed by atoms with Gasteiger partial charge in [-0.1, -0.05) is 23.3 Å². The fourth-order valence-electron chi connectivity index (χ4n) is 5.53. The van der Waals surface area contributed by atoms with E-state index in [1.807, 2.05) is 86.7 Å². The molecule has 0 spiro atoms. The lowest BCUT2D eigenvalue weighted by Gasteiger charge is -2.36. The maximum Gasteiger partial charge on any atom is 0.274 e. The quantitative estimate of drug-likeness (QED) is 0.242. The van der Waals surface area contributed by atoms with Crippen molar-refractivity contribution < 1.29 is 13.0 Å². The van der Waals surface area contributed by atoms with Gasteiger partial charge in [0.05, 0.1) is 22.8 Å². The third kappa shape index (κ3) is 4.18. The average Bonchev–Trinajstić information content (AvgIpc) is 3.58. The monoisotopic (exact) mass is 510 g/mol. The van der Waals surface area contributed by atoms with Gasteiger partial charge < -0.3 is 9.97 Å². The summed E-state index contributed by atoms with van der Waals surface area (Å²) in [5, 5.41) is 0. The number of rotatable bonds is 2. The van der Waals surface area contributed by atoms with Crippen LogP contribution in [0.25, 0.3) is 46.4 Å². The molecule has 2 aliphatic heterocycles. The topological polar surface area (TPSA) is 112 Å². The molecule has 5 heterocycles. The standard InChI is InChI=1S/C29H26N4O3S/c1-17-10-18(2)28(29(3,16-17)37(34,35)36)26-14-25-13-23-7-6-21(31-23)11-19-4-5-20(30-19)12-22-8-9-24(32-22)15-27(26)33-25/h4-16,28,31,33H,1-3H3,(H,34,35,36). The fraction of sp³-hybridized carbons (Fsp3) is 0.172. The Kier molecular flexibility index (Phi) is 5.22. The maximum absolute atomic E-state index is 12.7. The van der Waals surface area contributed by atoms with E-state index >= 15 is 0 Å². The van der Waals surface area contributed by atoms with Crippen LogP contribution in [-0.2, 0) is 10.1 Å². The smallest absolute Gasteiger partial charge is 0.274 e. The number of nitrogens with one attached hydrogen (secondary N) is 2. The van der Waals surface area contributed by atoms with Crippen molar-refractivity contribution in [1.29, 1.82) is 0 Å². The predicted molar refractivity (Wildman–Crippen MR) is 149 cm³/mol. The van der Waals surface area contributed by atoms with Crippen LogP contribution in [0.15, 0.2) is 65.8 Å². The van der Waals surface area contributed by atoms with Gasteiger partial charge in [0.1, 0.15) is 4.75 Å². The Morgan fingerprint density at radius 2 is 1.41 bits per heavy atom. The summed E-state index contributed by atoms with van der Waals surface area (Å²) in [6.45, 7) is 5.32. The van der Waals surface area contributed by atoms with Crippen molar-refractivity contribution in [2.24, 2.45) is 0 Å². The first kappa shape index (κ1) is 23.4. The normalized spacial score (nSPS) is 21.1. The first-order valence-electron chi connectivity index (χ1n) is 12.0. The van der Waals surface area contributed by atoms with Crippen molar-refractivity contribution in [3.8, 4) is 0 Å². The molecule has 1 aliphatic carbocycles. The van der Waals surface area contributed by atoms with E-state index in [0.29, 0.717) is 0 Å². The van der Waals surface area contributed by atoms with Gasteiger partial charge in [-0.3, -0.25) is 4.55 Å². The van der Waals surface area contributed by atoms with Gasteiger partial charge in [0.2, 0.25) is 0 Å². The third-order valence-electron chi connectivity index (χ3n) is 7.07. The minimum Gasteiger partial charge on any atom is -0.355 e. The zero-order chi connectivity index (χ0) is 25.9. The molecule has 3 N–H and O–H groups in total. The van der Waals surface area contributed by atoms with Gasteiger partial charge in [0, 0.05) is 28.0 Å². The molecule has 8 heteroatoms. The van der Waals surface area contributed by atoms with Gasteiger partial charge in [-0.2, -0.15) is 8.42 Å². The zero-order valence-electron chi connectivity index (χ0n) is 20.6. The SMILES string of the molecule is CC1=CC(C)(S(=O)(=O)O)C(c2cc3cc4ccc(cc5nc(cc6nc(cc2[nH]3)C=C6)C=C5)[nH]4)C(C)=C1. The minimum absolute atomic E-state index is 0.599. The summed E-state index contributed by atoms with van der Waals surface area (Å²) in [6, 6.07) is 13.7. The number of hydrogen-bond donors (Lipinski definition) is 3. The number of nitrogens with zero attached hydrogens (tertiary/aromatic N) is 2. The van der Waals surface area contributed by atoms with Gasteiger partial charge in [-0.05, 0) is 93.1 Å². The lowest BCUT2D eigenvalue weighted by molar-refractivity contribution is 0.438. The second-order valence-electron chi connectivity index (χ2n) is 10.00. The van der Waals surface area contributed by atoms with Gasteiger partial charge in [0.25, 0.3) is 10.1 Å². The van der Waals surface area contributed by atoms with E-state index in [-0.39, 0.29) is 0 Å². The molecule has 0 saturated heterocycles. The molecule has 3 aliphatic rings. The van der Waals surface area contributed by atoms with Crippen LogP contribution in [0, 0.1) is 0 Å². The summed E-state index contributed by atoms with van der Waals surface area (Å²) in [7, 11) is -4.44. The van der Waals surface area contributed by atoms with E-state index < -0.39 is 20.8 Å². The maximum atomic E-state index is 12.7. The molecule has 2 atom stereocenters. The van der Waals surface area contributed by atoms with Crippen molar-refractivity contribution in [2.75, 3.05) is 0 Å². The number of aromatic amines is 2. The molecule has 3 aromatic rings. The van der Waals surface area contributed by atoms with Gasteiger partial charge in [-0.15, -0.1) is 0 Å². The molecule has 7 nitrogen and oxygen atoms in total. The van der Waals surface area contributed by atoms with Crippen LogP contribution in [-0.4, -0.2) is 37.7 Å². The Labute approximate surface area is 214 Å². The molecule has 37 heavy (non-hydrogen) atoms. The molecule has 0 amide bonds. The van der Waals surface area contributed by atoms with Crippen molar-refractivity contribution in [3.63, 3.8) is 0 Å². The minimum atomic E-state index is -4.44. The van der Waals surface area contributed by atoms with E-state index in [9.17, 15) is 13.0 Å². The highest BCUT2D eigenvalue weighted by Crippen LogP contribution is 2.46. The van der Waals surface area contributed by atoms with E-state index in [4.69, 9.17) is 4.98 Å². The first-order chi connectivity index (χ1) is 17.6. The second-order valence-corrected chi connectivity index (χ2v) is 11.8. The second kappa shape index (κ2) is 8.26. The predicted octanol–water partition coefficient (Wildman–Crippen LogP) is 6.29. The van der Waals surface area contributed by atoms with Crippen LogP contribution in [0.2, 0.25) is 0 Å². The number of aromatic nitrogens is 4. The van der Waals surface area contributed by atoms with Crippen molar-refractivity contribution in [2.45, 2.75) is 31.4 Å². The molecule has 0 radical (unpaired) electrons. The Bertz CT molecular complexity index is 1850. The molecule has 0 saturated carbocycles. The zero-order valence-corrected chi connectivity index (χ0v) is 21.5. The molecule has 6 rings (SSSR count). The van der Waals surface area contributed by atoms with Crippen molar-refractivity contribution >= 4 is 56.5 Å². The summed E-state index contributed by atoms with van der Waals surface area (Å²) in [6.07, 6.45) is 11.4. The molecule has 0 fully saturated rings. The van der Waals surface area contributed by atoms with Crippen LogP contribution >= 0.6 is 0 Å². The summed E-state index contributed by atoms with van der Waals surface area (Å²) < 4.78 is 34.3. The Hall–Kier alpha value is -4.01. The van der Waals surface area contributed by atoms with Crippen LogP contribution < -0.4 is 0 Å². The van der Waals surface area contributed by atoms with Crippen LogP contribution in [0.4, 0.5) is 0 Å². The Morgan fingerprint density at radius 1 is 0.811 bits per heavy atom. The molecule has 186 valence electrons. The van der Waals surface area contributed by atoms with Gasteiger partial charge in [0.15, 0.2) is 0 Å². The highest BCUT2D eigenvalue weighted by molar-refractivity contribution is 7.87. The van der Waals surface area contributed by atoms with Crippen LogP contribution in [0.3, 0.4) is 0 Å². The summed E-state index contributed by atoms with van der Waals surface area (Å²) in [4.78, 5) is 16.2. The summed E-state index contributed by atoms with van der Waals surface area (Å²) in [5.74, 6) is -0.599. The fourth-order valence-corrected chi connectivity index (χ4v) is 6.47.